The van der Waals surface area contributed by atoms with Crippen molar-refractivity contribution in [3.8, 4) is 0 Å². The molecule has 0 spiro atoms. The average molecular weight is 415 g/mol. The summed E-state index contributed by atoms with van der Waals surface area (Å²) in [7, 11) is 0. The van der Waals surface area contributed by atoms with E-state index in [0.717, 1.165) is 51.4 Å². The van der Waals surface area contributed by atoms with Gasteiger partial charge in [0.1, 0.15) is 11.7 Å². The second-order valence-electron chi connectivity index (χ2n) is 6.58. The zero-order chi connectivity index (χ0) is 19.1. The van der Waals surface area contributed by atoms with Crippen LogP contribution in [0.3, 0.4) is 0 Å². The number of rotatable bonds is 17. The summed E-state index contributed by atoms with van der Waals surface area (Å²) in [4.78, 5) is 47.4. The van der Waals surface area contributed by atoms with Gasteiger partial charge in [-0.15, -0.1) is 0 Å². The number of halogens is 1. The van der Waals surface area contributed by atoms with Crippen LogP contribution in [-0.2, 0) is 19.2 Å². The highest BCUT2D eigenvalue weighted by molar-refractivity contribution is 9.10. The smallest absolute Gasteiger partial charge is 0.225 e. The lowest BCUT2D eigenvalue weighted by Crippen LogP contribution is -2.46. The van der Waals surface area contributed by atoms with Crippen LogP contribution in [0.15, 0.2) is 0 Å². The van der Waals surface area contributed by atoms with E-state index in [9.17, 15) is 19.2 Å². The maximum absolute atomic E-state index is 12.4. The van der Waals surface area contributed by atoms with Crippen LogP contribution in [0.1, 0.15) is 90.9 Å². The van der Waals surface area contributed by atoms with Crippen molar-refractivity contribution in [1.82, 2.24) is 0 Å². The molecule has 0 N–H and O–H groups in total. The molecule has 5 heteroatoms. The molecule has 0 heterocycles. The van der Waals surface area contributed by atoms with Crippen molar-refractivity contribution in [3.05, 3.63) is 0 Å². The molecule has 0 aliphatic carbocycles. The lowest BCUT2D eigenvalue weighted by Gasteiger charge is -2.23. The average Bonchev–Trinajstić information content (AvgIpc) is 2.61. The predicted octanol–water partition coefficient (Wildman–Crippen LogP) is 4.81. The number of unbranched alkanes of at least 4 members (excludes halogenated alkanes) is 8. The summed E-state index contributed by atoms with van der Waals surface area (Å²) in [6, 6.07) is 0. The second kappa shape index (κ2) is 14.3. The Kier molecular flexibility index (Phi) is 13.9. The Bertz CT molecular complexity index is 422. The summed E-state index contributed by atoms with van der Waals surface area (Å²) in [5, 5.41) is 0. The summed E-state index contributed by atoms with van der Waals surface area (Å²) in [6.07, 6.45) is 13.1. The molecule has 0 aromatic carbocycles. The van der Waals surface area contributed by atoms with Gasteiger partial charge in [0, 0.05) is 12.8 Å². The topological polar surface area (TPSA) is 68.3 Å². The van der Waals surface area contributed by atoms with Crippen molar-refractivity contribution in [2.75, 3.05) is 0 Å². The Morgan fingerprint density at radius 2 is 1.32 bits per heavy atom. The number of Topliss-reactive ketones (excluding diaryl/α,β-unsaturated/α-hetero) is 2. The highest BCUT2D eigenvalue weighted by Crippen LogP contribution is 2.30. The van der Waals surface area contributed by atoms with Crippen LogP contribution in [0.2, 0.25) is 0 Å². The fraction of sp³-hybridized carbons (Fsp3) is 0.800. The van der Waals surface area contributed by atoms with Crippen molar-refractivity contribution in [2.24, 2.45) is 5.92 Å². The van der Waals surface area contributed by atoms with E-state index in [2.05, 4.69) is 29.8 Å². The van der Waals surface area contributed by atoms with Gasteiger partial charge in [0.25, 0.3) is 0 Å². The van der Waals surface area contributed by atoms with Crippen molar-refractivity contribution in [2.45, 2.75) is 95.2 Å². The second-order valence-corrected chi connectivity index (χ2v) is 7.83. The maximum Gasteiger partial charge on any atom is 0.225 e. The number of hydrogen-bond acceptors (Lipinski definition) is 4. The van der Waals surface area contributed by atoms with Gasteiger partial charge in [-0.3, -0.25) is 19.2 Å². The molecule has 0 fully saturated rings. The van der Waals surface area contributed by atoms with Gasteiger partial charge in [0.05, 0.1) is 0 Å². The minimum Gasteiger partial charge on any atom is -0.299 e. The molecule has 2 unspecified atom stereocenters. The Morgan fingerprint density at radius 1 is 0.840 bits per heavy atom. The SMILES string of the molecule is CCCCCCCC(=O)C([C]=O)C(Br)([C]=O)C(=O)CCCCCCC. The number of hydrogen-bond donors (Lipinski definition) is 0. The minimum atomic E-state index is -1.87. The van der Waals surface area contributed by atoms with E-state index in [1.807, 2.05) is 0 Å². The van der Waals surface area contributed by atoms with Gasteiger partial charge in [-0.2, -0.15) is 0 Å². The quantitative estimate of drug-likeness (QED) is 0.194. The van der Waals surface area contributed by atoms with Crippen molar-refractivity contribution in [3.63, 3.8) is 0 Å². The molecule has 0 aromatic heterocycles. The lowest BCUT2D eigenvalue weighted by molar-refractivity contribution is -0.126. The summed E-state index contributed by atoms with van der Waals surface area (Å²) < 4.78 is -1.87. The molecule has 4 nitrogen and oxygen atoms in total. The monoisotopic (exact) mass is 414 g/mol. The molecule has 0 aliphatic heterocycles. The van der Waals surface area contributed by atoms with E-state index in [-0.39, 0.29) is 12.8 Å². The van der Waals surface area contributed by atoms with Gasteiger partial charge in [-0.1, -0.05) is 81.1 Å². The van der Waals surface area contributed by atoms with Crippen molar-refractivity contribution in [1.29, 1.82) is 0 Å². The molecule has 2 atom stereocenters. The standard InChI is InChI=1S/C20H31BrO4/c1-3-5-7-9-11-13-18(24)17(15-22)20(21,16-23)19(25)14-12-10-8-6-4-2/h17H,3-14H2,1-2H3. The highest BCUT2D eigenvalue weighted by Gasteiger charge is 2.47. The summed E-state index contributed by atoms with van der Waals surface area (Å²) in [6.45, 7) is 4.21. The summed E-state index contributed by atoms with van der Waals surface area (Å²) in [5.74, 6) is -2.27. The Morgan fingerprint density at radius 3 is 1.76 bits per heavy atom. The summed E-state index contributed by atoms with van der Waals surface area (Å²) in [5.41, 5.74) is 0. The first-order valence-electron chi connectivity index (χ1n) is 9.49. The van der Waals surface area contributed by atoms with Crippen LogP contribution in [0, 0.1) is 5.92 Å². The lowest BCUT2D eigenvalue weighted by atomic mass is 9.83. The number of alkyl halides is 1. The molecule has 142 valence electrons. The van der Waals surface area contributed by atoms with E-state index in [1.54, 1.807) is 12.6 Å². The minimum absolute atomic E-state index is 0.159. The van der Waals surface area contributed by atoms with Crippen LogP contribution in [-0.4, -0.2) is 28.5 Å². The Balaban J connectivity index is 4.63. The third-order valence-corrected chi connectivity index (χ3v) is 5.49. The number of carbonyl (C=O) groups excluding carboxylic acids is 4. The molecular formula is C20H31BrO4. The highest BCUT2D eigenvalue weighted by atomic mass is 79.9. The van der Waals surface area contributed by atoms with Gasteiger partial charge in [-0.05, 0) is 12.8 Å². The first-order valence-corrected chi connectivity index (χ1v) is 10.3. The summed E-state index contributed by atoms with van der Waals surface area (Å²) >= 11 is 3.04. The zero-order valence-electron chi connectivity index (χ0n) is 15.6. The van der Waals surface area contributed by atoms with E-state index in [1.165, 1.54) is 0 Å². The zero-order valence-corrected chi connectivity index (χ0v) is 17.2. The van der Waals surface area contributed by atoms with E-state index >= 15 is 0 Å². The molecule has 0 bridgehead atoms. The fourth-order valence-corrected chi connectivity index (χ4v) is 3.31. The Hall–Kier alpha value is -0.840. The number of ketones is 2. The van der Waals surface area contributed by atoms with E-state index in [0.29, 0.717) is 12.8 Å². The van der Waals surface area contributed by atoms with Crippen molar-refractivity contribution >= 4 is 40.1 Å². The van der Waals surface area contributed by atoms with Gasteiger partial charge in [0.15, 0.2) is 10.1 Å². The fourth-order valence-electron chi connectivity index (χ4n) is 2.76. The third-order valence-electron chi connectivity index (χ3n) is 4.43. The first kappa shape index (κ1) is 24.2. The molecule has 0 rings (SSSR count). The van der Waals surface area contributed by atoms with Crippen LogP contribution in [0.5, 0.6) is 0 Å². The van der Waals surface area contributed by atoms with Crippen LogP contribution < -0.4 is 0 Å². The van der Waals surface area contributed by atoms with Gasteiger partial charge in [-0.25, -0.2) is 0 Å². The van der Waals surface area contributed by atoms with Crippen LogP contribution in [0.4, 0.5) is 0 Å². The molecule has 0 aromatic rings. The molecule has 25 heavy (non-hydrogen) atoms. The number of carbonyl (C=O) groups is 2. The van der Waals surface area contributed by atoms with Gasteiger partial charge < -0.3 is 0 Å². The first-order chi connectivity index (χ1) is 12.0. The normalized spacial score (nSPS) is 14.5. The third kappa shape index (κ3) is 8.89. The van der Waals surface area contributed by atoms with Crippen LogP contribution in [0.25, 0.3) is 0 Å². The predicted molar refractivity (Wildman–Crippen MR) is 103 cm³/mol. The molecule has 0 aliphatic rings. The van der Waals surface area contributed by atoms with Crippen LogP contribution >= 0.6 is 15.9 Å². The van der Waals surface area contributed by atoms with Gasteiger partial charge in [0.2, 0.25) is 12.6 Å². The molecule has 0 saturated carbocycles. The molecule has 0 amide bonds. The van der Waals surface area contributed by atoms with E-state index in [4.69, 9.17) is 0 Å². The molecule has 0 saturated heterocycles. The molecular weight excluding hydrogens is 384 g/mol. The Labute approximate surface area is 160 Å². The largest absolute Gasteiger partial charge is 0.299 e. The van der Waals surface area contributed by atoms with Crippen molar-refractivity contribution < 1.29 is 19.2 Å². The van der Waals surface area contributed by atoms with Gasteiger partial charge >= 0.3 is 0 Å². The molecule has 2 radical (unpaired) electrons. The van der Waals surface area contributed by atoms with E-state index < -0.39 is 21.8 Å². The maximum atomic E-state index is 12.4.